The van der Waals surface area contributed by atoms with Crippen LogP contribution in [0.2, 0.25) is 0 Å². The van der Waals surface area contributed by atoms with Crippen LogP contribution in [0.5, 0.6) is 0 Å². The fourth-order valence-corrected chi connectivity index (χ4v) is 2.21. The summed E-state index contributed by atoms with van der Waals surface area (Å²) in [6, 6.07) is 10.1. The van der Waals surface area contributed by atoms with Crippen LogP contribution in [0.15, 0.2) is 34.7 Å². The van der Waals surface area contributed by atoms with Crippen molar-refractivity contribution in [1.29, 1.82) is 0 Å². The maximum Gasteiger partial charge on any atom is 0.372 e. The molecule has 21 heavy (non-hydrogen) atoms. The highest BCUT2D eigenvalue weighted by Gasteiger charge is 2.13. The van der Waals surface area contributed by atoms with Crippen LogP contribution in [0.1, 0.15) is 47.2 Å². The summed E-state index contributed by atoms with van der Waals surface area (Å²) in [6.45, 7) is 4.40. The number of anilines is 1. The normalized spacial score (nSPS) is 10.6. The highest BCUT2D eigenvalue weighted by Crippen LogP contribution is 2.17. The number of hydrogen-bond acceptors (Lipinski definition) is 3. The summed E-state index contributed by atoms with van der Waals surface area (Å²) in [5, 5.41) is 12.2. The van der Waals surface area contributed by atoms with E-state index in [0.29, 0.717) is 17.9 Å². The lowest BCUT2D eigenvalue weighted by molar-refractivity contribution is 0.0659. The predicted octanol–water partition coefficient (Wildman–Crippen LogP) is 4.24. The molecule has 0 fully saturated rings. The van der Waals surface area contributed by atoms with Crippen molar-refractivity contribution < 1.29 is 14.3 Å². The lowest BCUT2D eigenvalue weighted by Crippen LogP contribution is -1.98. The van der Waals surface area contributed by atoms with E-state index < -0.39 is 5.97 Å². The van der Waals surface area contributed by atoms with Crippen molar-refractivity contribution in [2.45, 2.75) is 39.7 Å². The van der Waals surface area contributed by atoms with E-state index >= 15 is 0 Å². The highest BCUT2D eigenvalue weighted by molar-refractivity contribution is 5.86. The van der Waals surface area contributed by atoms with Gasteiger partial charge in [-0.3, -0.25) is 0 Å². The van der Waals surface area contributed by atoms with Crippen LogP contribution >= 0.6 is 0 Å². The Morgan fingerprint density at radius 3 is 2.57 bits per heavy atom. The number of aryl methyl sites for hydroxylation is 2. The molecule has 4 heteroatoms. The zero-order chi connectivity index (χ0) is 15.2. The smallest absolute Gasteiger partial charge is 0.372 e. The molecule has 0 radical (unpaired) electrons. The minimum atomic E-state index is -1.03. The summed E-state index contributed by atoms with van der Waals surface area (Å²) < 4.78 is 5.31. The molecule has 1 heterocycles. The van der Waals surface area contributed by atoms with Crippen LogP contribution in [0, 0.1) is 6.92 Å². The Labute approximate surface area is 124 Å². The first-order valence-corrected chi connectivity index (χ1v) is 7.25. The van der Waals surface area contributed by atoms with Gasteiger partial charge in [0.2, 0.25) is 5.76 Å². The average molecular weight is 287 g/mol. The SMILES string of the molecule is CCCCc1ccc(NCc2cc(C)c(C(=O)O)o2)cc1. The first-order chi connectivity index (χ1) is 10.1. The van der Waals surface area contributed by atoms with Crippen LogP contribution in [0.4, 0.5) is 5.69 Å². The Bertz CT molecular complexity index is 599. The molecule has 0 bridgehead atoms. The zero-order valence-electron chi connectivity index (χ0n) is 12.5. The van der Waals surface area contributed by atoms with Gasteiger partial charge in [0.25, 0.3) is 0 Å². The Morgan fingerprint density at radius 1 is 1.29 bits per heavy atom. The summed E-state index contributed by atoms with van der Waals surface area (Å²) in [4.78, 5) is 10.9. The van der Waals surface area contributed by atoms with Gasteiger partial charge < -0.3 is 14.8 Å². The Hall–Kier alpha value is -2.23. The summed E-state index contributed by atoms with van der Waals surface area (Å²) in [6.07, 6.45) is 3.51. The van der Waals surface area contributed by atoms with Gasteiger partial charge in [-0.1, -0.05) is 25.5 Å². The first kappa shape index (κ1) is 15.2. The van der Waals surface area contributed by atoms with Crippen LogP contribution in [0.25, 0.3) is 0 Å². The summed E-state index contributed by atoms with van der Waals surface area (Å²) in [5.74, 6) is -0.388. The van der Waals surface area contributed by atoms with E-state index in [1.165, 1.54) is 18.4 Å². The third-order valence-electron chi connectivity index (χ3n) is 3.40. The van der Waals surface area contributed by atoms with Crippen molar-refractivity contribution >= 4 is 11.7 Å². The first-order valence-electron chi connectivity index (χ1n) is 7.25. The summed E-state index contributed by atoms with van der Waals surface area (Å²) >= 11 is 0. The van der Waals surface area contributed by atoms with Gasteiger partial charge in [0, 0.05) is 11.3 Å². The van der Waals surface area contributed by atoms with Crippen molar-refractivity contribution in [3.8, 4) is 0 Å². The fourth-order valence-electron chi connectivity index (χ4n) is 2.21. The van der Waals surface area contributed by atoms with Crippen LogP contribution < -0.4 is 5.32 Å². The predicted molar refractivity (Wildman–Crippen MR) is 82.8 cm³/mol. The Morgan fingerprint density at radius 2 is 2.00 bits per heavy atom. The molecule has 0 atom stereocenters. The van der Waals surface area contributed by atoms with Crippen LogP contribution in [0.3, 0.4) is 0 Å². The van der Waals surface area contributed by atoms with E-state index in [4.69, 9.17) is 9.52 Å². The van der Waals surface area contributed by atoms with Gasteiger partial charge in [-0.05, 0) is 43.5 Å². The number of carboxylic acid groups (broad SMARTS) is 1. The molecule has 0 spiro atoms. The Balaban J connectivity index is 1.93. The largest absolute Gasteiger partial charge is 0.475 e. The van der Waals surface area contributed by atoms with Crippen LogP contribution in [-0.2, 0) is 13.0 Å². The van der Waals surface area contributed by atoms with Crippen LogP contribution in [-0.4, -0.2) is 11.1 Å². The van der Waals surface area contributed by atoms with Crippen molar-refractivity contribution in [1.82, 2.24) is 0 Å². The number of nitrogens with one attached hydrogen (secondary N) is 1. The third-order valence-corrected chi connectivity index (χ3v) is 3.40. The van der Waals surface area contributed by atoms with Gasteiger partial charge in [-0.2, -0.15) is 0 Å². The van der Waals surface area contributed by atoms with Crippen molar-refractivity contribution in [3.05, 3.63) is 53.0 Å². The highest BCUT2D eigenvalue weighted by atomic mass is 16.4. The second-order valence-corrected chi connectivity index (χ2v) is 5.18. The van der Waals surface area contributed by atoms with E-state index in [9.17, 15) is 4.79 Å². The molecule has 2 rings (SSSR count). The number of aromatic carboxylic acids is 1. The maximum absolute atomic E-state index is 10.9. The molecule has 0 amide bonds. The van der Waals surface area contributed by atoms with E-state index in [0.717, 1.165) is 12.1 Å². The molecule has 0 aliphatic rings. The minimum absolute atomic E-state index is 0.0155. The summed E-state index contributed by atoms with van der Waals surface area (Å²) in [7, 11) is 0. The molecular formula is C17H21NO3. The van der Waals surface area contributed by atoms with Crippen molar-refractivity contribution in [3.63, 3.8) is 0 Å². The van der Waals surface area contributed by atoms with Gasteiger partial charge in [0.1, 0.15) is 5.76 Å². The quantitative estimate of drug-likeness (QED) is 0.799. The van der Waals surface area contributed by atoms with Crippen molar-refractivity contribution in [2.24, 2.45) is 0 Å². The third kappa shape index (κ3) is 4.12. The molecule has 1 aromatic carbocycles. The number of furan rings is 1. The van der Waals surface area contributed by atoms with Crippen molar-refractivity contribution in [2.75, 3.05) is 5.32 Å². The Kier molecular flexibility index (Phi) is 5.04. The van der Waals surface area contributed by atoms with Gasteiger partial charge in [-0.15, -0.1) is 0 Å². The summed E-state index contributed by atoms with van der Waals surface area (Å²) in [5.41, 5.74) is 2.99. The molecule has 2 N–H and O–H groups in total. The fraction of sp³-hybridized carbons (Fsp3) is 0.353. The second kappa shape index (κ2) is 6.97. The topological polar surface area (TPSA) is 62.5 Å². The number of carbonyl (C=O) groups is 1. The number of hydrogen-bond donors (Lipinski definition) is 2. The zero-order valence-corrected chi connectivity index (χ0v) is 12.5. The number of benzene rings is 1. The van der Waals surface area contributed by atoms with E-state index in [1.54, 1.807) is 13.0 Å². The molecule has 0 aliphatic heterocycles. The van der Waals surface area contributed by atoms with E-state index in [-0.39, 0.29) is 5.76 Å². The van der Waals surface area contributed by atoms with E-state index in [1.807, 2.05) is 12.1 Å². The lowest BCUT2D eigenvalue weighted by Gasteiger charge is -2.06. The molecule has 1 aromatic heterocycles. The van der Waals surface area contributed by atoms with Gasteiger partial charge in [0.15, 0.2) is 0 Å². The molecular weight excluding hydrogens is 266 g/mol. The minimum Gasteiger partial charge on any atom is -0.475 e. The molecule has 2 aromatic rings. The monoisotopic (exact) mass is 287 g/mol. The van der Waals surface area contributed by atoms with Gasteiger partial charge >= 0.3 is 5.97 Å². The number of rotatable bonds is 7. The van der Waals surface area contributed by atoms with E-state index in [2.05, 4.69) is 24.4 Å². The number of carboxylic acids is 1. The maximum atomic E-state index is 10.9. The standard InChI is InChI=1S/C17H21NO3/c1-3-4-5-13-6-8-14(9-7-13)18-11-15-10-12(2)16(21-15)17(19)20/h6-10,18H,3-5,11H2,1-2H3,(H,19,20). The molecule has 0 saturated carbocycles. The molecule has 0 saturated heterocycles. The second-order valence-electron chi connectivity index (χ2n) is 5.18. The molecule has 0 aliphatic carbocycles. The molecule has 4 nitrogen and oxygen atoms in total. The lowest BCUT2D eigenvalue weighted by atomic mass is 10.1. The number of unbranched alkanes of at least 4 members (excludes halogenated alkanes) is 1. The molecule has 112 valence electrons. The van der Waals surface area contributed by atoms with Gasteiger partial charge in [0.05, 0.1) is 6.54 Å². The van der Waals surface area contributed by atoms with Gasteiger partial charge in [-0.25, -0.2) is 4.79 Å². The average Bonchev–Trinajstić information content (AvgIpc) is 2.85. The molecule has 0 unspecified atom stereocenters.